The Balaban J connectivity index is 2.03. The zero-order chi connectivity index (χ0) is 16.8. The zero-order valence-corrected chi connectivity index (χ0v) is 13.7. The molecule has 0 saturated heterocycles. The molecule has 3 nitrogen and oxygen atoms in total. The average molecular weight is 334 g/mol. The number of carbonyl (C=O) groups is 1. The summed E-state index contributed by atoms with van der Waals surface area (Å²) < 4.78 is 14.1. The number of aromatic carboxylic acids is 1. The fourth-order valence-corrected chi connectivity index (χ4v) is 3.38. The Hall–Kier alpha value is -2.07. The quantitative estimate of drug-likeness (QED) is 0.900. The van der Waals surface area contributed by atoms with Crippen molar-refractivity contribution in [2.75, 3.05) is 11.4 Å². The third-order valence-corrected chi connectivity index (χ3v) is 4.67. The summed E-state index contributed by atoms with van der Waals surface area (Å²) in [6, 6.07) is 9.74. The molecule has 1 aliphatic heterocycles. The van der Waals surface area contributed by atoms with E-state index in [2.05, 4.69) is 13.8 Å². The third kappa shape index (κ3) is 2.79. The Morgan fingerprint density at radius 2 is 2.09 bits per heavy atom. The Morgan fingerprint density at radius 1 is 1.35 bits per heavy atom. The second-order valence-electron chi connectivity index (χ2n) is 6.48. The molecule has 1 N–H and O–H groups in total. The van der Waals surface area contributed by atoms with Crippen LogP contribution in [0.3, 0.4) is 0 Å². The van der Waals surface area contributed by atoms with E-state index in [4.69, 9.17) is 11.6 Å². The van der Waals surface area contributed by atoms with E-state index in [1.165, 1.54) is 6.07 Å². The highest BCUT2D eigenvalue weighted by molar-refractivity contribution is 6.31. The minimum Gasteiger partial charge on any atom is -0.478 e. The summed E-state index contributed by atoms with van der Waals surface area (Å²) in [5, 5.41) is 9.59. The molecule has 0 aliphatic carbocycles. The predicted octanol–water partition coefficient (Wildman–Crippen LogP) is 4.48. The molecule has 1 aliphatic rings. The summed E-state index contributed by atoms with van der Waals surface area (Å²) >= 11 is 6.13. The number of hydrogen-bond donors (Lipinski definition) is 1. The van der Waals surface area contributed by atoms with Crippen molar-refractivity contribution in [3.63, 3.8) is 0 Å². The Labute approximate surface area is 139 Å². The number of halogens is 2. The minimum atomic E-state index is -0.971. The van der Waals surface area contributed by atoms with Gasteiger partial charge in [0.05, 0.1) is 5.56 Å². The first-order valence-electron chi connectivity index (χ1n) is 7.35. The number of hydrogen-bond acceptors (Lipinski definition) is 2. The molecule has 0 fully saturated rings. The van der Waals surface area contributed by atoms with Crippen LogP contribution in [0.25, 0.3) is 0 Å². The Kier molecular flexibility index (Phi) is 3.80. The van der Waals surface area contributed by atoms with Crippen molar-refractivity contribution in [3.05, 3.63) is 63.9 Å². The molecule has 1 heterocycles. The topological polar surface area (TPSA) is 40.5 Å². The summed E-state index contributed by atoms with van der Waals surface area (Å²) in [5.74, 6) is -1.32. The van der Waals surface area contributed by atoms with Crippen molar-refractivity contribution in [2.24, 2.45) is 0 Å². The standard InChI is InChI=1S/C18H17ClFNO2/c1-18(2)10-21(9-12-14(19)4-3-5-15(12)20)16-8-11(17(22)23)6-7-13(16)18/h3-8H,9-10H2,1-2H3,(H,22,23). The van der Waals surface area contributed by atoms with Gasteiger partial charge in [0.2, 0.25) is 0 Å². The van der Waals surface area contributed by atoms with Gasteiger partial charge in [-0.05, 0) is 29.8 Å². The van der Waals surface area contributed by atoms with Gasteiger partial charge in [-0.3, -0.25) is 0 Å². The average Bonchev–Trinajstić information content (AvgIpc) is 2.74. The Bertz CT molecular complexity index is 768. The molecule has 3 rings (SSSR count). The van der Waals surface area contributed by atoms with Gasteiger partial charge in [0.25, 0.3) is 0 Å². The van der Waals surface area contributed by atoms with Crippen molar-refractivity contribution in [1.29, 1.82) is 0 Å². The maximum absolute atomic E-state index is 14.1. The van der Waals surface area contributed by atoms with Gasteiger partial charge in [-0.15, -0.1) is 0 Å². The fourth-order valence-electron chi connectivity index (χ4n) is 3.16. The number of nitrogens with zero attached hydrogens (tertiary/aromatic N) is 1. The molecular weight excluding hydrogens is 317 g/mol. The molecule has 0 spiro atoms. The van der Waals surface area contributed by atoms with Gasteiger partial charge >= 0.3 is 5.97 Å². The van der Waals surface area contributed by atoms with Gasteiger partial charge in [-0.1, -0.05) is 37.6 Å². The van der Waals surface area contributed by atoms with Crippen LogP contribution >= 0.6 is 11.6 Å². The molecule has 2 aromatic carbocycles. The predicted molar refractivity (Wildman–Crippen MR) is 88.9 cm³/mol. The molecule has 0 radical (unpaired) electrons. The first kappa shape index (κ1) is 15.8. The van der Waals surface area contributed by atoms with Crippen molar-refractivity contribution >= 4 is 23.3 Å². The summed E-state index contributed by atoms with van der Waals surface area (Å²) in [5.41, 5.74) is 2.41. The summed E-state index contributed by atoms with van der Waals surface area (Å²) in [6.07, 6.45) is 0. The van der Waals surface area contributed by atoms with Crippen LogP contribution in [-0.2, 0) is 12.0 Å². The van der Waals surface area contributed by atoms with E-state index in [9.17, 15) is 14.3 Å². The third-order valence-electron chi connectivity index (χ3n) is 4.31. The zero-order valence-electron chi connectivity index (χ0n) is 12.9. The summed E-state index contributed by atoms with van der Waals surface area (Å²) in [7, 11) is 0. The van der Waals surface area contributed by atoms with Crippen LogP contribution in [0.4, 0.5) is 10.1 Å². The van der Waals surface area contributed by atoms with E-state index in [1.54, 1.807) is 24.3 Å². The molecular formula is C18H17ClFNO2. The normalized spacial score (nSPS) is 15.6. The van der Waals surface area contributed by atoms with Crippen molar-refractivity contribution in [2.45, 2.75) is 25.8 Å². The Morgan fingerprint density at radius 3 is 2.74 bits per heavy atom. The second-order valence-corrected chi connectivity index (χ2v) is 6.88. The van der Waals surface area contributed by atoms with E-state index in [0.717, 1.165) is 11.3 Å². The SMILES string of the molecule is CC1(C)CN(Cc2c(F)cccc2Cl)c2cc(C(=O)O)ccc21. The maximum Gasteiger partial charge on any atom is 0.335 e. The van der Waals surface area contributed by atoms with E-state index in [0.29, 0.717) is 23.7 Å². The summed E-state index contributed by atoms with van der Waals surface area (Å²) in [6.45, 7) is 5.17. The lowest BCUT2D eigenvalue weighted by atomic mass is 9.86. The van der Waals surface area contributed by atoms with E-state index >= 15 is 0 Å². The number of fused-ring (bicyclic) bond motifs is 1. The van der Waals surface area contributed by atoms with Gasteiger partial charge in [0, 0.05) is 34.8 Å². The molecule has 0 saturated carbocycles. The molecule has 0 aromatic heterocycles. The van der Waals surface area contributed by atoms with Gasteiger partial charge in [0.1, 0.15) is 5.82 Å². The monoisotopic (exact) mass is 333 g/mol. The minimum absolute atomic E-state index is 0.135. The highest BCUT2D eigenvalue weighted by Gasteiger charge is 2.35. The van der Waals surface area contributed by atoms with E-state index in [1.807, 2.05) is 11.0 Å². The highest BCUT2D eigenvalue weighted by Crippen LogP contribution is 2.42. The first-order chi connectivity index (χ1) is 10.8. The number of anilines is 1. The van der Waals surface area contributed by atoms with Crippen LogP contribution < -0.4 is 4.90 Å². The molecule has 23 heavy (non-hydrogen) atoms. The van der Waals surface area contributed by atoms with Crippen LogP contribution in [0, 0.1) is 5.82 Å². The molecule has 0 bridgehead atoms. The number of carboxylic acid groups (broad SMARTS) is 1. The molecule has 0 amide bonds. The van der Waals surface area contributed by atoms with E-state index < -0.39 is 5.97 Å². The smallest absolute Gasteiger partial charge is 0.335 e. The van der Waals surface area contributed by atoms with Crippen LogP contribution in [0.15, 0.2) is 36.4 Å². The van der Waals surface area contributed by atoms with Crippen LogP contribution in [-0.4, -0.2) is 17.6 Å². The molecule has 5 heteroatoms. The first-order valence-corrected chi connectivity index (χ1v) is 7.73. The molecule has 0 atom stereocenters. The summed E-state index contributed by atoms with van der Waals surface area (Å²) in [4.78, 5) is 13.2. The lowest BCUT2D eigenvalue weighted by molar-refractivity contribution is 0.0697. The van der Waals surface area contributed by atoms with Crippen LogP contribution in [0.2, 0.25) is 5.02 Å². The van der Waals surface area contributed by atoms with Crippen LogP contribution in [0.1, 0.15) is 35.3 Å². The van der Waals surface area contributed by atoms with Gasteiger partial charge in [-0.25, -0.2) is 9.18 Å². The van der Waals surface area contributed by atoms with Gasteiger partial charge in [-0.2, -0.15) is 0 Å². The second kappa shape index (κ2) is 5.53. The lowest BCUT2D eigenvalue weighted by Crippen LogP contribution is -2.28. The number of benzene rings is 2. The number of rotatable bonds is 3. The highest BCUT2D eigenvalue weighted by atomic mass is 35.5. The largest absolute Gasteiger partial charge is 0.478 e. The van der Waals surface area contributed by atoms with Crippen molar-refractivity contribution in [3.8, 4) is 0 Å². The number of carboxylic acids is 1. The van der Waals surface area contributed by atoms with E-state index in [-0.39, 0.29) is 16.8 Å². The fraction of sp³-hybridized carbons (Fsp3) is 0.278. The van der Waals surface area contributed by atoms with Crippen molar-refractivity contribution < 1.29 is 14.3 Å². The molecule has 2 aromatic rings. The van der Waals surface area contributed by atoms with Crippen molar-refractivity contribution in [1.82, 2.24) is 0 Å². The molecule has 120 valence electrons. The lowest BCUT2D eigenvalue weighted by Gasteiger charge is -2.23. The van der Waals surface area contributed by atoms with Gasteiger partial charge in [0.15, 0.2) is 0 Å². The molecule has 0 unspecified atom stereocenters. The van der Waals surface area contributed by atoms with Gasteiger partial charge < -0.3 is 10.0 Å². The maximum atomic E-state index is 14.1. The van der Waals surface area contributed by atoms with Crippen LogP contribution in [0.5, 0.6) is 0 Å².